The van der Waals surface area contributed by atoms with Crippen molar-refractivity contribution < 1.29 is 9.59 Å². The number of amides is 2. The fourth-order valence-electron chi connectivity index (χ4n) is 3.13. The van der Waals surface area contributed by atoms with Crippen LogP contribution in [-0.4, -0.2) is 39.8 Å². The number of nitrogens with zero attached hydrogens (tertiary/aromatic N) is 3. The lowest BCUT2D eigenvalue weighted by Crippen LogP contribution is -2.35. The summed E-state index contributed by atoms with van der Waals surface area (Å²) < 4.78 is 0. The molecule has 6 heteroatoms. The summed E-state index contributed by atoms with van der Waals surface area (Å²) in [4.78, 5) is 35.0. The van der Waals surface area contributed by atoms with Gasteiger partial charge in [0.2, 0.25) is 0 Å². The van der Waals surface area contributed by atoms with Crippen molar-refractivity contribution in [1.82, 2.24) is 20.2 Å². The molecular formula is C20H24N4O2. The van der Waals surface area contributed by atoms with E-state index in [1.165, 1.54) is 6.42 Å². The van der Waals surface area contributed by atoms with E-state index in [2.05, 4.69) is 15.3 Å². The molecule has 1 aromatic heterocycles. The Morgan fingerprint density at radius 3 is 2.42 bits per heavy atom. The summed E-state index contributed by atoms with van der Waals surface area (Å²) in [5.41, 5.74) is 2.79. The van der Waals surface area contributed by atoms with Crippen molar-refractivity contribution >= 4 is 11.8 Å². The zero-order chi connectivity index (χ0) is 18.5. The van der Waals surface area contributed by atoms with Crippen LogP contribution in [0.5, 0.6) is 0 Å². The lowest BCUT2D eigenvalue weighted by Gasteiger charge is -2.26. The summed E-state index contributed by atoms with van der Waals surface area (Å²) in [6.45, 7) is 5.67. The molecule has 0 radical (unpaired) electrons. The zero-order valence-corrected chi connectivity index (χ0v) is 15.3. The Morgan fingerprint density at radius 1 is 1.08 bits per heavy atom. The van der Waals surface area contributed by atoms with Gasteiger partial charge in [-0.05, 0) is 50.8 Å². The largest absolute Gasteiger partial charge is 0.348 e. The zero-order valence-electron chi connectivity index (χ0n) is 15.3. The molecule has 0 spiro atoms. The molecule has 0 bridgehead atoms. The van der Waals surface area contributed by atoms with Crippen LogP contribution in [0.2, 0.25) is 0 Å². The Hall–Kier alpha value is -2.76. The molecule has 1 aliphatic heterocycles. The molecular weight excluding hydrogens is 328 g/mol. The van der Waals surface area contributed by atoms with Gasteiger partial charge in [-0.2, -0.15) is 0 Å². The quantitative estimate of drug-likeness (QED) is 0.918. The maximum absolute atomic E-state index is 12.5. The maximum atomic E-state index is 12.5. The van der Waals surface area contributed by atoms with Crippen LogP contribution < -0.4 is 5.32 Å². The van der Waals surface area contributed by atoms with E-state index in [1.807, 2.05) is 29.2 Å². The second-order valence-electron chi connectivity index (χ2n) is 6.65. The molecule has 6 nitrogen and oxygen atoms in total. The third-order valence-electron chi connectivity index (χ3n) is 4.64. The average molecular weight is 352 g/mol. The van der Waals surface area contributed by atoms with Crippen LogP contribution in [-0.2, 0) is 6.54 Å². The van der Waals surface area contributed by atoms with Gasteiger partial charge in [-0.15, -0.1) is 0 Å². The van der Waals surface area contributed by atoms with Crippen LogP contribution in [0.4, 0.5) is 0 Å². The van der Waals surface area contributed by atoms with Crippen molar-refractivity contribution in [2.24, 2.45) is 0 Å². The predicted molar refractivity (Wildman–Crippen MR) is 98.9 cm³/mol. The molecule has 2 amide bonds. The number of aryl methyl sites for hydroxylation is 2. The minimum Gasteiger partial charge on any atom is -0.348 e. The molecule has 26 heavy (non-hydrogen) atoms. The van der Waals surface area contributed by atoms with Gasteiger partial charge < -0.3 is 10.2 Å². The fraction of sp³-hybridized carbons (Fsp3) is 0.400. The highest BCUT2D eigenvalue weighted by Crippen LogP contribution is 2.14. The number of piperidine rings is 1. The molecule has 1 N–H and O–H groups in total. The summed E-state index contributed by atoms with van der Waals surface area (Å²) in [5.74, 6) is 0.539. The highest BCUT2D eigenvalue weighted by molar-refractivity contribution is 5.95. The summed E-state index contributed by atoms with van der Waals surface area (Å²) in [6, 6.07) is 7.43. The monoisotopic (exact) mass is 352 g/mol. The normalized spacial score (nSPS) is 14.2. The summed E-state index contributed by atoms with van der Waals surface area (Å²) in [5, 5.41) is 2.87. The summed E-state index contributed by atoms with van der Waals surface area (Å²) in [7, 11) is 0. The van der Waals surface area contributed by atoms with Crippen molar-refractivity contribution in [3.63, 3.8) is 0 Å². The van der Waals surface area contributed by atoms with Gasteiger partial charge in [0.15, 0.2) is 0 Å². The van der Waals surface area contributed by atoms with Gasteiger partial charge in [0.05, 0.1) is 11.3 Å². The highest BCUT2D eigenvalue weighted by Gasteiger charge is 2.18. The van der Waals surface area contributed by atoms with Crippen molar-refractivity contribution in [3.8, 4) is 0 Å². The standard InChI is InChI=1S/C20H24N4O2/c1-14-18(13-21-15(2)23-14)19(25)22-12-16-6-8-17(9-7-16)20(26)24-10-4-3-5-11-24/h6-9,13H,3-5,10-12H2,1-2H3,(H,22,25). The number of aromatic nitrogens is 2. The molecule has 1 saturated heterocycles. The number of carbonyl (C=O) groups is 2. The van der Waals surface area contributed by atoms with Crippen LogP contribution in [0.15, 0.2) is 30.5 Å². The predicted octanol–water partition coefficient (Wildman–Crippen LogP) is 2.65. The van der Waals surface area contributed by atoms with E-state index in [0.717, 1.165) is 31.5 Å². The van der Waals surface area contributed by atoms with E-state index in [9.17, 15) is 9.59 Å². The van der Waals surface area contributed by atoms with Gasteiger partial charge in [-0.25, -0.2) is 9.97 Å². The molecule has 0 atom stereocenters. The molecule has 1 aliphatic rings. The van der Waals surface area contributed by atoms with Crippen LogP contribution in [0, 0.1) is 13.8 Å². The van der Waals surface area contributed by atoms with Crippen LogP contribution in [0.3, 0.4) is 0 Å². The smallest absolute Gasteiger partial charge is 0.254 e. The van der Waals surface area contributed by atoms with Crippen molar-refractivity contribution in [3.05, 3.63) is 58.7 Å². The first-order valence-corrected chi connectivity index (χ1v) is 9.01. The van der Waals surface area contributed by atoms with E-state index in [-0.39, 0.29) is 11.8 Å². The van der Waals surface area contributed by atoms with Gasteiger partial charge >= 0.3 is 0 Å². The van der Waals surface area contributed by atoms with E-state index >= 15 is 0 Å². The third kappa shape index (κ3) is 4.25. The second-order valence-corrected chi connectivity index (χ2v) is 6.65. The van der Waals surface area contributed by atoms with Gasteiger partial charge in [-0.1, -0.05) is 12.1 Å². The lowest BCUT2D eigenvalue weighted by molar-refractivity contribution is 0.0724. The van der Waals surface area contributed by atoms with Crippen LogP contribution in [0.25, 0.3) is 0 Å². The summed E-state index contributed by atoms with van der Waals surface area (Å²) in [6.07, 6.45) is 4.91. The lowest BCUT2D eigenvalue weighted by atomic mass is 10.1. The van der Waals surface area contributed by atoms with Crippen molar-refractivity contribution in [2.45, 2.75) is 39.7 Å². The van der Waals surface area contributed by atoms with Crippen LogP contribution in [0.1, 0.15) is 57.1 Å². The first-order chi connectivity index (χ1) is 12.5. The minimum atomic E-state index is -0.198. The fourth-order valence-corrected chi connectivity index (χ4v) is 3.13. The van der Waals surface area contributed by atoms with Crippen molar-refractivity contribution in [1.29, 1.82) is 0 Å². The topological polar surface area (TPSA) is 75.2 Å². The Balaban J connectivity index is 1.58. The SMILES string of the molecule is Cc1ncc(C(=O)NCc2ccc(C(=O)N3CCCCC3)cc2)c(C)n1. The van der Waals surface area contributed by atoms with Gasteiger partial charge in [0, 0.05) is 31.4 Å². The van der Waals surface area contributed by atoms with E-state index in [0.29, 0.717) is 29.2 Å². The second kappa shape index (κ2) is 8.08. The molecule has 1 aromatic carbocycles. The van der Waals surface area contributed by atoms with E-state index in [4.69, 9.17) is 0 Å². The molecule has 3 rings (SSSR count). The van der Waals surface area contributed by atoms with Crippen molar-refractivity contribution in [2.75, 3.05) is 13.1 Å². The number of carbonyl (C=O) groups excluding carboxylic acids is 2. The van der Waals surface area contributed by atoms with E-state index in [1.54, 1.807) is 20.0 Å². The highest BCUT2D eigenvalue weighted by atomic mass is 16.2. The molecule has 0 aliphatic carbocycles. The average Bonchev–Trinajstić information content (AvgIpc) is 2.66. The Morgan fingerprint density at radius 2 is 1.77 bits per heavy atom. The molecule has 0 saturated carbocycles. The van der Waals surface area contributed by atoms with E-state index < -0.39 is 0 Å². The molecule has 0 unspecified atom stereocenters. The maximum Gasteiger partial charge on any atom is 0.254 e. The first kappa shape index (κ1) is 18.0. The Labute approximate surface area is 153 Å². The number of hydrogen-bond acceptors (Lipinski definition) is 4. The number of hydrogen-bond donors (Lipinski definition) is 1. The number of benzene rings is 1. The first-order valence-electron chi connectivity index (χ1n) is 9.01. The molecule has 136 valence electrons. The van der Waals surface area contributed by atoms with Gasteiger partial charge in [0.25, 0.3) is 11.8 Å². The number of rotatable bonds is 4. The Kier molecular flexibility index (Phi) is 5.61. The molecule has 1 fully saturated rings. The minimum absolute atomic E-state index is 0.0905. The molecule has 2 aromatic rings. The number of likely N-dealkylation sites (tertiary alicyclic amines) is 1. The summed E-state index contributed by atoms with van der Waals surface area (Å²) >= 11 is 0. The Bertz CT molecular complexity index is 796. The third-order valence-corrected chi connectivity index (χ3v) is 4.64. The number of nitrogens with one attached hydrogen (secondary N) is 1. The van der Waals surface area contributed by atoms with Crippen LogP contribution >= 0.6 is 0 Å². The van der Waals surface area contributed by atoms with Gasteiger partial charge in [-0.3, -0.25) is 9.59 Å². The van der Waals surface area contributed by atoms with Gasteiger partial charge in [0.1, 0.15) is 5.82 Å². The molecule has 2 heterocycles.